The molecule has 0 saturated carbocycles. The zero-order chi connectivity index (χ0) is 18.8. The van der Waals surface area contributed by atoms with Crippen molar-refractivity contribution in [2.45, 2.75) is 17.7 Å². The molecule has 1 aromatic heterocycles. The molecule has 0 fully saturated rings. The average molecular weight is 381 g/mol. The van der Waals surface area contributed by atoms with Gasteiger partial charge in [-0.25, -0.2) is 4.98 Å². The van der Waals surface area contributed by atoms with Crippen LogP contribution in [0.5, 0.6) is 5.75 Å². The molecule has 4 rings (SSSR count). The number of nitrogens with zero attached hydrogens (tertiary/aromatic N) is 2. The van der Waals surface area contributed by atoms with Gasteiger partial charge >= 0.3 is 0 Å². The Bertz CT molecular complexity index is 1040. The molecule has 27 heavy (non-hydrogen) atoms. The number of aromatic nitrogens is 2. The molecule has 0 radical (unpaired) electrons. The molecule has 0 spiro atoms. The number of thioether (sulfide) groups is 1. The van der Waals surface area contributed by atoms with E-state index in [-0.39, 0.29) is 23.3 Å². The van der Waals surface area contributed by atoms with E-state index in [2.05, 4.69) is 10.3 Å². The van der Waals surface area contributed by atoms with Crippen LogP contribution in [0.1, 0.15) is 5.56 Å². The second-order valence-corrected chi connectivity index (χ2v) is 7.36. The zero-order valence-corrected chi connectivity index (χ0v) is 15.7. The minimum Gasteiger partial charge on any atom is -0.488 e. The normalized spacial score (nSPS) is 15.4. The summed E-state index contributed by atoms with van der Waals surface area (Å²) in [4.78, 5) is 29.1. The quantitative estimate of drug-likeness (QED) is 0.542. The lowest BCUT2D eigenvalue weighted by molar-refractivity contribution is -0.118. The number of ether oxygens (including phenoxy) is 1. The summed E-state index contributed by atoms with van der Waals surface area (Å²) in [5.74, 6) is 0.974. The van der Waals surface area contributed by atoms with E-state index in [4.69, 9.17) is 4.74 Å². The molecule has 2 heterocycles. The molecule has 1 atom stereocenters. The minimum atomic E-state index is -0.111. The molecule has 6 nitrogen and oxygen atoms in total. The Balaban J connectivity index is 1.34. The summed E-state index contributed by atoms with van der Waals surface area (Å²) >= 11 is 1.25. The summed E-state index contributed by atoms with van der Waals surface area (Å²) in [5, 5.41) is 4.00. The van der Waals surface area contributed by atoms with Gasteiger partial charge in [-0.1, -0.05) is 42.1 Å². The van der Waals surface area contributed by atoms with Gasteiger partial charge in [0.2, 0.25) is 5.91 Å². The van der Waals surface area contributed by atoms with E-state index in [0.29, 0.717) is 22.6 Å². The molecule has 1 unspecified atom stereocenters. The topological polar surface area (TPSA) is 73.2 Å². The van der Waals surface area contributed by atoms with Gasteiger partial charge in [0.15, 0.2) is 5.16 Å². The van der Waals surface area contributed by atoms with E-state index in [1.165, 1.54) is 21.9 Å². The van der Waals surface area contributed by atoms with Crippen LogP contribution in [-0.2, 0) is 18.3 Å². The maximum absolute atomic E-state index is 12.4. The van der Waals surface area contributed by atoms with Gasteiger partial charge in [0.1, 0.15) is 11.9 Å². The largest absolute Gasteiger partial charge is 0.488 e. The van der Waals surface area contributed by atoms with Gasteiger partial charge in [-0.15, -0.1) is 0 Å². The van der Waals surface area contributed by atoms with Crippen LogP contribution in [0.15, 0.2) is 58.5 Å². The first-order valence-electron chi connectivity index (χ1n) is 8.71. The number of hydrogen-bond acceptors (Lipinski definition) is 5. The number of amides is 1. The number of carbonyl (C=O) groups excluding carboxylic acids is 1. The van der Waals surface area contributed by atoms with Crippen LogP contribution in [0.25, 0.3) is 10.9 Å². The van der Waals surface area contributed by atoms with Gasteiger partial charge in [-0.3, -0.25) is 14.2 Å². The third-order valence-corrected chi connectivity index (χ3v) is 5.55. The number of fused-ring (bicyclic) bond motifs is 2. The van der Waals surface area contributed by atoms with Gasteiger partial charge in [0.25, 0.3) is 5.56 Å². The number of rotatable bonds is 5. The Morgan fingerprint density at radius 3 is 2.89 bits per heavy atom. The standard InChI is InChI=1S/C20H19N3O3S/c1-23-19(25)15-7-3-4-8-16(15)22-20(23)27-12-18(24)21-11-14-10-13-6-2-5-9-17(13)26-14/h2-9,14H,10-12H2,1H3,(H,21,24). The highest BCUT2D eigenvalue weighted by Gasteiger charge is 2.22. The van der Waals surface area contributed by atoms with Crippen molar-refractivity contribution in [2.24, 2.45) is 7.05 Å². The average Bonchev–Trinajstić information content (AvgIpc) is 3.11. The van der Waals surface area contributed by atoms with E-state index in [9.17, 15) is 9.59 Å². The van der Waals surface area contributed by atoms with E-state index >= 15 is 0 Å². The molecule has 1 aliphatic heterocycles. The SMILES string of the molecule is Cn1c(SCC(=O)NCC2Cc3ccccc3O2)nc2ccccc2c1=O. The Morgan fingerprint density at radius 1 is 1.26 bits per heavy atom. The van der Waals surface area contributed by atoms with Gasteiger partial charge in [0, 0.05) is 13.5 Å². The lowest BCUT2D eigenvalue weighted by Gasteiger charge is -2.12. The van der Waals surface area contributed by atoms with Crippen LogP contribution in [0, 0.1) is 0 Å². The van der Waals surface area contributed by atoms with Crippen LogP contribution in [0.2, 0.25) is 0 Å². The molecule has 138 valence electrons. The predicted molar refractivity (Wildman–Crippen MR) is 105 cm³/mol. The molecule has 1 N–H and O–H groups in total. The summed E-state index contributed by atoms with van der Waals surface area (Å²) in [7, 11) is 1.67. The van der Waals surface area contributed by atoms with Crippen molar-refractivity contribution in [2.75, 3.05) is 12.3 Å². The predicted octanol–water partition coefficient (Wildman–Crippen LogP) is 2.15. The summed E-state index contributed by atoms with van der Waals surface area (Å²) in [6, 6.07) is 15.1. The fraction of sp³-hybridized carbons (Fsp3) is 0.250. The first-order chi connectivity index (χ1) is 13.1. The second kappa shape index (κ2) is 7.44. The van der Waals surface area contributed by atoms with Crippen molar-refractivity contribution in [3.8, 4) is 5.75 Å². The molecular formula is C20H19N3O3S. The number of para-hydroxylation sites is 2. The molecular weight excluding hydrogens is 362 g/mol. The number of hydrogen-bond donors (Lipinski definition) is 1. The maximum atomic E-state index is 12.4. The van der Waals surface area contributed by atoms with Crippen molar-refractivity contribution in [1.82, 2.24) is 14.9 Å². The van der Waals surface area contributed by atoms with Crippen LogP contribution in [0.4, 0.5) is 0 Å². The summed E-state index contributed by atoms with van der Waals surface area (Å²) in [5.41, 5.74) is 1.70. The molecule has 7 heteroatoms. The first kappa shape index (κ1) is 17.6. The molecule has 1 amide bonds. The van der Waals surface area contributed by atoms with Crippen molar-refractivity contribution in [3.63, 3.8) is 0 Å². The zero-order valence-electron chi connectivity index (χ0n) is 14.8. The molecule has 1 aliphatic rings. The molecule has 0 aliphatic carbocycles. The van der Waals surface area contributed by atoms with Gasteiger partial charge in [-0.2, -0.15) is 0 Å². The maximum Gasteiger partial charge on any atom is 0.261 e. The number of nitrogens with one attached hydrogen (secondary N) is 1. The van der Waals surface area contributed by atoms with E-state index < -0.39 is 0 Å². The second-order valence-electron chi connectivity index (χ2n) is 6.42. The molecule has 0 saturated heterocycles. The van der Waals surface area contributed by atoms with Crippen molar-refractivity contribution >= 4 is 28.6 Å². The Hall–Kier alpha value is -2.80. The third-order valence-electron chi connectivity index (χ3n) is 4.52. The van der Waals surface area contributed by atoms with Crippen LogP contribution in [-0.4, -0.2) is 33.9 Å². The lowest BCUT2D eigenvalue weighted by atomic mass is 10.1. The molecule has 2 aromatic carbocycles. The fourth-order valence-electron chi connectivity index (χ4n) is 3.10. The van der Waals surface area contributed by atoms with Crippen LogP contribution >= 0.6 is 11.8 Å². The summed E-state index contributed by atoms with van der Waals surface area (Å²) in [6.07, 6.45) is 0.754. The van der Waals surface area contributed by atoms with Crippen molar-refractivity contribution in [1.29, 1.82) is 0 Å². The molecule has 0 bridgehead atoms. The summed E-state index contributed by atoms with van der Waals surface area (Å²) in [6.45, 7) is 0.457. The van der Waals surface area contributed by atoms with E-state index in [1.54, 1.807) is 19.2 Å². The smallest absolute Gasteiger partial charge is 0.261 e. The van der Waals surface area contributed by atoms with Gasteiger partial charge in [0.05, 0.1) is 23.2 Å². The Kier molecular flexibility index (Phi) is 4.85. The van der Waals surface area contributed by atoms with E-state index in [0.717, 1.165) is 12.2 Å². The van der Waals surface area contributed by atoms with Gasteiger partial charge < -0.3 is 10.1 Å². The Labute approximate surface area is 160 Å². The van der Waals surface area contributed by atoms with E-state index in [1.807, 2.05) is 36.4 Å². The van der Waals surface area contributed by atoms with Crippen molar-refractivity contribution in [3.05, 3.63) is 64.4 Å². The molecule has 3 aromatic rings. The fourth-order valence-corrected chi connectivity index (χ4v) is 3.90. The van der Waals surface area contributed by atoms with Crippen LogP contribution in [0.3, 0.4) is 0 Å². The third kappa shape index (κ3) is 3.68. The highest BCUT2D eigenvalue weighted by Crippen LogP contribution is 2.27. The van der Waals surface area contributed by atoms with Crippen LogP contribution < -0.4 is 15.6 Å². The number of benzene rings is 2. The highest BCUT2D eigenvalue weighted by atomic mass is 32.2. The highest BCUT2D eigenvalue weighted by molar-refractivity contribution is 7.99. The monoisotopic (exact) mass is 381 g/mol. The minimum absolute atomic E-state index is 0.0421. The first-order valence-corrected chi connectivity index (χ1v) is 9.70. The Morgan fingerprint density at radius 2 is 2.04 bits per heavy atom. The lowest BCUT2D eigenvalue weighted by Crippen LogP contribution is -2.35. The number of carbonyl (C=O) groups is 1. The van der Waals surface area contributed by atoms with Crippen molar-refractivity contribution < 1.29 is 9.53 Å². The van der Waals surface area contributed by atoms with Gasteiger partial charge in [-0.05, 0) is 23.8 Å². The summed E-state index contributed by atoms with van der Waals surface area (Å²) < 4.78 is 7.31.